The zero-order valence-corrected chi connectivity index (χ0v) is 23.3. The fourth-order valence-electron chi connectivity index (χ4n) is 5.76. The molecule has 0 bridgehead atoms. The highest BCUT2D eigenvalue weighted by atomic mass is 19.2. The van der Waals surface area contributed by atoms with Gasteiger partial charge in [0.25, 0.3) is 0 Å². The molecule has 3 aromatic rings. The predicted molar refractivity (Wildman–Crippen MR) is 155 cm³/mol. The number of ether oxygens (including phenoxy) is 1. The highest BCUT2D eigenvalue weighted by Gasteiger charge is 2.22. The fraction of sp³-hybridized carbons (Fsp3) is 0.486. The molecular formula is C35H44F2O. The minimum absolute atomic E-state index is 0.00478. The third-order valence-corrected chi connectivity index (χ3v) is 8.30. The van der Waals surface area contributed by atoms with Crippen molar-refractivity contribution in [3.8, 4) is 16.9 Å². The third-order valence-electron chi connectivity index (χ3n) is 8.30. The topological polar surface area (TPSA) is 9.23 Å². The molecule has 204 valence electrons. The zero-order chi connectivity index (χ0) is 26.7. The van der Waals surface area contributed by atoms with Gasteiger partial charge in [-0.1, -0.05) is 101 Å². The van der Waals surface area contributed by atoms with Gasteiger partial charge in [0.05, 0.1) is 6.61 Å². The largest absolute Gasteiger partial charge is 0.490 e. The second kappa shape index (κ2) is 14.5. The molecule has 4 rings (SSSR count). The van der Waals surface area contributed by atoms with Crippen LogP contribution < -0.4 is 4.74 Å². The number of hydrogen-bond donors (Lipinski definition) is 0. The summed E-state index contributed by atoms with van der Waals surface area (Å²) in [7, 11) is 0. The van der Waals surface area contributed by atoms with E-state index in [2.05, 4.69) is 55.5 Å². The van der Waals surface area contributed by atoms with E-state index in [0.717, 1.165) is 24.3 Å². The monoisotopic (exact) mass is 518 g/mol. The fourth-order valence-corrected chi connectivity index (χ4v) is 5.76. The third kappa shape index (κ3) is 7.68. The number of benzene rings is 3. The molecule has 3 heteroatoms. The standard InChI is InChI=1S/C35H44F2O/c1-3-5-7-8-26-9-14-28(15-10-26)30-19-21-31(22-20-30)29-16-11-27(12-17-29)13-18-32-23-24-33(35(37)34(32)36)38-25-6-4-2/h11-12,16-17,19-24,26,28H,3-10,13-15,18,25H2,1-2H3. The molecule has 0 radical (unpaired) electrons. The molecule has 1 fully saturated rings. The predicted octanol–water partition coefficient (Wildman–Crippen LogP) is 10.4. The molecule has 0 atom stereocenters. The van der Waals surface area contributed by atoms with E-state index in [1.165, 1.54) is 68.1 Å². The van der Waals surface area contributed by atoms with E-state index < -0.39 is 11.6 Å². The summed E-state index contributed by atoms with van der Waals surface area (Å²) in [6.45, 7) is 4.72. The second-order valence-corrected chi connectivity index (χ2v) is 11.1. The van der Waals surface area contributed by atoms with Gasteiger partial charge in [0.2, 0.25) is 5.82 Å². The van der Waals surface area contributed by atoms with Crippen molar-refractivity contribution in [2.45, 2.75) is 96.8 Å². The molecule has 0 aliphatic heterocycles. The van der Waals surface area contributed by atoms with Gasteiger partial charge in [-0.15, -0.1) is 0 Å². The van der Waals surface area contributed by atoms with Crippen LogP contribution in [0.2, 0.25) is 0 Å². The van der Waals surface area contributed by atoms with Crippen LogP contribution in [0.15, 0.2) is 60.7 Å². The number of hydrogen-bond acceptors (Lipinski definition) is 1. The minimum atomic E-state index is -0.877. The first-order chi connectivity index (χ1) is 18.6. The van der Waals surface area contributed by atoms with E-state index in [0.29, 0.717) is 30.9 Å². The van der Waals surface area contributed by atoms with E-state index >= 15 is 0 Å². The molecule has 1 saturated carbocycles. The van der Waals surface area contributed by atoms with Crippen LogP contribution in [0.3, 0.4) is 0 Å². The van der Waals surface area contributed by atoms with Gasteiger partial charge in [-0.2, -0.15) is 4.39 Å². The van der Waals surface area contributed by atoms with Crippen LogP contribution in [0.4, 0.5) is 8.78 Å². The van der Waals surface area contributed by atoms with Gasteiger partial charge in [0, 0.05) is 0 Å². The van der Waals surface area contributed by atoms with Gasteiger partial charge in [-0.3, -0.25) is 0 Å². The van der Waals surface area contributed by atoms with Crippen molar-refractivity contribution >= 4 is 0 Å². The summed E-state index contributed by atoms with van der Waals surface area (Å²) < 4.78 is 34.3. The first-order valence-electron chi connectivity index (χ1n) is 14.9. The van der Waals surface area contributed by atoms with E-state index in [1.54, 1.807) is 12.1 Å². The molecule has 0 N–H and O–H groups in total. The van der Waals surface area contributed by atoms with Gasteiger partial charge in [-0.05, 0) is 90.7 Å². The molecule has 1 nitrogen and oxygen atoms in total. The second-order valence-electron chi connectivity index (χ2n) is 11.1. The van der Waals surface area contributed by atoms with Crippen molar-refractivity contribution in [3.63, 3.8) is 0 Å². The lowest BCUT2D eigenvalue weighted by atomic mass is 9.77. The Labute approximate surface area is 228 Å². The van der Waals surface area contributed by atoms with E-state index in [4.69, 9.17) is 4.74 Å². The summed E-state index contributed by atoms with van der Waals surface area (Å²) in [5.41, 5.74) is 5.39. The Kier molecular flexibility index (Phi) is 10.8. The van der Waals surface area contributed by atoms with Crippen LogP contribution in [0, 0.1) is 17.6 Å². The number of unbranched alkanes of at least 4 members (excludes halogenated alkanes) is 3. The number of aryl methyl sites for hydroxylation is 2. The highest BCUT2D eigenvalue weighted by Crippen LogP contribution is 2.38. The van der Waals surface area contributed by atoms with Crippen LogP contribution in [0.5, 0.6) is 5.75 Å². The molecule has 0 saturated heterocycles. The quantitative estimate of drug-likeness (QED) is 0.204. The molecule has 0 amide bonds. The molecular weight excluding hydrogens is 474 g/mol. The van der Waals surface area contributed by atoms with E-state index in [9.17, 15) is 8.78 Å². The normalized spacial score (nSPS) is 17.5. The number of rotatable bonds is 13. The highest BCUT2D eigenvalue weighted by molar-refractivity contribution is 5.64. The zero-order valence-electron chi connectivity index (χ0n) is 23.3. The van der Waals surface area contributed by atoms with Crippen molar-refractivity contribution in [1.29, 1.82) is 0 Å². The van der Waals surface area contributed by atoms with Crippen molar-refractivity contribution in [2.75, 3.05) is 6.61 Å². The Morgan fingerprint density at radius 1 is 0.684 bits per heavy atom. The molecule has 0 spiro atoms. The molecule has 38 heavy (non-hydrogen) atoms. The van der Waals surface area contributed by atoms with Crippen LogP contribution in [0.1, 0.15) is 101 Å². The Bertz CT molecular complexity index is 1110. The first kappa shape index (κ1) is 28.3. The summed E-state index contributed by atoms with van der Waals surface area (Å²) in [6, 6.07) is 20.8. The van der Waals surface area contributed by atoms with Crippen LogP contribution in [-0.2, 0) is 12.8 Å². The SMILES string of the molecule is CCCCCC1CCC(c2ccc(-c3ccc(CCc4ccc(OCCCC)c(F)c4F)cc3)cc2)CC1. The Morgan fingerprint density at radius 2 is 1.34 bits per heavy atom. The Balaban J connectivity index is 1.28. The van der Waals surface area contributed by atoms with Crippen LogP contribution >= 0.6 is 0 Å². The number of halogens is 2. The smallest absolute Gasteiger partial charge is 0.200 e. The maximum Gasteiger partial charge on any atom is 0.200 e. The van der Waals surface area contributed by atoms with Gasteiger partial charge >= 0.3 is 0 Å². The Morgan fingerprint density at radius 3 is 2.00 bits per heavy atom. The average Bonchev–Trinajstić information content (AvgIpc) is 2.96. The van der Waals surface area contributed by atoms with Gasteiger partial charge in [0.1, 0.15) is 0 Å². The summed E-state index contributed by atoms with van der Waals surface area (Å²) in [5.74, 6) is -0.0191. The van der Waals surface area contributed by atoms with E-state index in [-0.39, 0.29) is 5.75 Å². The lowest BCUT2D eigenvalue weighted by molar-refractivity contribution is 0.288. The molecule has 3 aromatic carbocycles. The van der Waals surface area contributed by atoms with Crippen molar-refractivity contribution in [3.05, 3.63) is 89.0 Å². The summed E-state index contributed by atoms with van der Waals surface area (Å²) in [6.07, 6.45) is 13.8. The molecule has 1 aliphatic carbocycles. The molecule has 0 heterocycles. The summed E-state index contributed by atoms with van der Waals surface area (Å²) in [5, 5.41) is 0. The Hall–Kier alpha value is -2.68. The molecule has 0 aromatic heterocycles. The van der Waals surface area contributed by atoms with Crippen molar-refractivity contribution < 1.29 is 13.5 Å². The van der Waals surface area contributed by atoms with Crippen molar-refractivity contribution in [2.24, 2.45) is 5.92 Å². The summed E-state index contributed by atoms with van der Waals surface area (Å²) in [4.78, 5) is 0. The van der Waals surface area contributed by atoms with E-state index in [1.807, 2.05) is 6.92 Å². The van der Waals surface area contributed by atoms with Crippen molar-refractivity contribution in [1.82, 2.24) is 0 Å². The summed E-state index contributed by atoms with van der Waals surface area (Å²) >= 11 is 0. The minimum Gasteiger partial charge on any atom is -0.490 e. The van der Waals surface area contributed by atoms with Crippen LogP contribution in [0.25, 0.3) is 11.1 Å². The lowest BCUT2D eigenvalue weighted by Gasteiger charge is -2.29. The maximum absolute atomic E-state index is 14.6. The average molecular weight is 519 g/mol. The van der Waals surface area contributed by atoms with Gasteiger partial charge in [0.15, 0.2) is 11.6 Å². The van der Waals surface area contributed by atoms with Gasteiger partial charge in [-0.25, -0.2) is 4.39 Å². The van der Waals surface area contributed by atoms with Crippen LogP contribution in [-0.4, -0.2) is 6.61 Å². The maximum atomic E-state index is 14.6. The van der Waals surface area contributed by atoms with Gasteiger partial charge < -0.3 is 4.74 Å². The lowest BCUT2D eigenvalue weighted by Crippen LogP contribution is -2.13. The molecule has 0 unspecified atom stereocenters. The first-order valence-corrected chi connectivity index (χ1v) is 14.9. The molecule has 1 aliphatic rings.